The number of methoxy groups -OCH3 is 1. The predicted octanol–water partition coefficient (Wildman–Crippen LogP) is 1.43. The number of sulfonamides is 1. The van der Waals surface area contributed by atoms with Gasteiger partial charge in [-0.05, 0) is 42.8 Å². The minimum Gasteiger partial charge on any atom is -0.496 e. The number of benzene rings is 1. The van der Waals surface area contributed by atoms with Gasteiger partial charge in [-0.15, -0.1) is 10.2 Å². The van der Waals surface area contributed by atoms with Gasteiger partial charge in [0, 0.05) is 13.1 Å². The molecule has 0 radical (unpaired) electrons. The van der Waals surface area contributed by atoms with Crippen LogP contribution >= 0.6 is 0 Å². The van der Waals surface area contributed by atoms with Gasteiger partial charge in [0.05, 0.1) is 25.2 Å². The average Bonchev–Trinajstić information content (AvgIpc) is 2.62. The molecule has 2 aromatic rings. The molecular formula is C16H20N4O4S. The van der Waals surface area contributed by atoms with E-state index in [4.69, 9.17) is 9.47 Å². The van der Waals surface area contributed by atoms with Crippen LogP contribution in [0.25, 0.3) is 0 Å². The molecule has 9 heteroatoms. The van der Waals surface area contributed by atoms with Crippen LogP contribution in [0.1, 0.15) is 5.56 Å². The van der Waals surface area contributed by atoms with E-state index in [0.29, 0.717) is 24.8 Å². The van der Waals surface area contributed by atoms with Crippen LogP contribution in [0.3, 0.4) is 0 Å². The molecule has 0 amide bonds. The van der Waals surface area contributed by atoms with Crippen LogP contribution in [0.5, 0.6) is 5.75 Å². The van der Waals surface area contributed by atoms with Gasteiger partial charge in [0.2, 0.25) is 0 Å². The first-order chi connectivity index (χ1) is 12.0. The summed E-state index contributed by atoms with van der Waals surface area (Å²) in [4.78, 5) is 2.19. The molecule has 0 spiro atoms. The number of aromatic nitrogens is 2. The van der Waals surface area contributed by atoms with Crippen LogP contribution < -0.4 is 14.4 Å². The van der Waals surface area contributed by atoms with Gasteiger partial charge in [0.1, 0.15) is 5.75 Å². The summed E-state index contributed by atoms with van der Waals surface area (Å²) in [7, 11) is -2.20. The molecule has 2 heterocycles. The number of hydrogen-bond acceptors (Lipinski definition) is 7. The van der Waals surface area contributed by atoms with Crippen LogP contribution in [-0.4, -0.2) is 52.0 Å². The molecule has 1 aromatic heterocycles. The normalized spacial score (nSPS) is 15.0. The summed E-state index contributed by atoms with van der Waals surface area (Å²) in [6, 6.07) is 8.01. The van der Waals surface area contributed by atoms with Gasteiger partial charge < -0.3 is 14.4 Å². The van der Waals surface area contributed by atoms with E-state index in [9.17, 15) is 8.42 Å². The van der Waals surface area contributed by atoms with Crippen molar-refractivity contribution in [2.24, 2.45) is 0 Å². The number of morpholine rings is 1. The van der Waals surface area contributed by atoms with Crippen molar-refractivity contribution in [3.63, 3.8) is 0 Å². The fraction of sp³-hybridized carbons (Fsp3) is 0.375. The Balaban J connectivity index is 1.75. The Morgan fingerprint density at radius 2 is 1.92 bits per heavy atom. The van der Waals surface area contributed by atoms with Gasteiger partial charge in [-0.2, -0.15) is 0 Å². The molecule has 3 rings (SSSR count). The standard InChI is InChI=1S/C16H20N4O4S/c1-12-11-13(3-4-14(12)23-2)25(21,22)19-15-5-6-16(18-17-15)20-7-9-24-10-8-20/h3-6,11H,7-10H2,1-2H3,(H,17,19). The number of rotatable bonds is 5. The highest BCUT2D eigenvalue weighted by Gasteiger charge is 2.18. The van der Waals surface area contributed by atoms with Crippen LogP contribution in [0.4, 0.5) is 11.6 Å². The Morgan fingerprint density at radius 3 is 2.52 bits per heavy atom. The first kappa shape index (κ1) is 17.4. The number of nitrogens with one attached hydrogen (secondary N) is 1. The lowest BCUT2D eigenvalue weighted by Gasteiger charge is -2.27. The van der Waals surface area contributed by atoms with Gasteiger partial charge in [-0.1, -0.05) is 0 Å². The summed E-state index contributed by atoms with van der Waals surface area (Å²) in [6.07, 6.45) is 0. The van der Waals surface area contributed by atoms with E-state index >= 15 is 0 Å². The Bertz CT molecular complexity index is 834. The molecule has 1 N–H and O–H groups in total. The van der Waals surface area contributed by atoms with Gasteiger partial charge >= 0.3 is 0 Å². The molecule has 1 aliphatic heterocycles. The topological polar surface area (TPSA) is 93.7 Å². The quantitative estimate of drug-likeness (QED) is 0.858. The summed E-state index contributed by atoms with van der Waals surface area (Å²) in [5.74, 6) is 1.51. The molecule has 0 saturated carbocycles. The molecule has 25 heavy (non-hydrogen) atoms. The van der Waals surface area contributed by atoms with Gasteiger partial charge in [0.15, 0.2) is 11.6 Å². The zero-order valence-electron chi connectivity index (χ0n) is 14.1. The van der Waals surface area contributed by atoms with Crippen molar-refractivity contribution in [3.8, 4) is 5.75 Å². The maximum absolute atomic E-state index is 12.5. The third kappa shape index (κ3) is 3.99. The SMILES string of the molecule is COc1ccc(S(=O)(=O)Nc2ccc(N3CCOCC3)nn2)cc1C. The predicted molar refractivity (Wildman–Crippen MR) is 93.6 cm³/mol. The van der Waals surface area contributed by atoms with E-state index in [0.717, 1.165) is 18.7 Å². The Kier molecular flexibility index (Phi) is 5.05. The maximum atomic E-state index is 12.5. The molecule has 1 fully saturated rings. The number of ether oxygens (including phenoxy) is 2. The van der Waals surface area contributed by atoms with E-state index in [-0.39, 0.29) is 10.7 Å². The van der Waals surface area contributed by atoms with Crippen molar-refractivity contribution in [1.82, 2.24) is 10.2 Å². The highest BCUT2D eigenvalue weighted by atomic mass is 32.2. The number of anilines is 2. The zero-order chi connectivity index (χ0) is 17.9. The van der Waals surface area contributed by atoms with Crippen LogP contribution in [0.15, 0.2) is 35.2 Å². The molecule has 0 aliphatic carbocycles. The van der Waals surface area contributed by atoms with Crippen molar-refractivity contribution in [2.45, 2.75) is 11.8 Å². The maximum Gasteiger partial charge on any atom is 0.263 e. The monoisotopic (exact) mass is 364 g/mol. The Hall–Kier alpha value is -2.39. The number of aryl methyl sites for hydroxylation is 1. The van der Waals surface area contributed by atoms with E-state index in [2.05, 4.69) is 14.9 Å². The van der Waals surface area contributed by atoms with Crippen LogP contribution in [0.2, 0.25) is 0 Å². The third-order valence-electron chi connectivity index (χ3n) is 3.90. The lowest BCUT2D eigenvalue weighted by Crippen LogP contribution is -2.36. The second-order valence-electron chi connectivity index (χ2n) is 5.61. The van der Waals surface area contributed by atoms with E-state index in [1.165, 1.54) is 6.07 Å². The second kappa shape index (κ2) is 7.24. The molecule has 134 valence electrons. The fourth-order valence-electron chi connectivity index (χ4n) is 2.56. The highest BCUT2D eigenvalue weighted by Crippen LogP contribution is 2.23. The van der Waals surface area contributed by atoms with Crippen molar-refractivity contribution in [3.05, 3.63) is 35.9 Å². The summed E-state index contributed by atoms with van der Waals surface area (Å²) >= 11 is 0. The fourth-order valence-corrected chi connectivity index (χ4v) is 3.64. The van der Waals surface area contributed by atoms with Crippen molar-refractivity contribution in [1.29, 1.82) is 0 Å². The molecule has 1 saturated heterocycles. The van der Waals surface area contributed by atoms with Crippen molar-refractivity contribution in [2.75, 3.05) is 43.0 Å². The molecule has 8 nitrogen and oxygen atoms in total. The van der Waals surface area contributed by atoms with Crippen LogP contribution in [0, 0.1) is 6.92 Å². The van der Waals surface area contributed by atoms with E-state index in [1.54, 1.807) is 38.3 Å². The third-order valence-corrected chi connectivity index (χ3v) is 5.25. The van der Waals surface area contributed by atoms with Gasteiger partial charge in [-0.3, -0.25) is 4.72 Å². The first-order valence-electron chi connectivity index (χ1n) is 7.83. The molecule has 1 aliphatic rings. The average molecular weight is 364 g/mol. The molecule has 0 bridgehead atoms. The summed E-state index contributed by atoms with van der Waals surface area (Å²) in [6.45, 7) is 4.56. The minimum absolute atomic E-state index is 0.143. The van der Waals surface area contributed by atoms with Crippen molar-refractivity contribution >= 4 is 21.7 Å². The molecule has 1 aromatic carbocycles. The Labute approximate surface area is 146 Å². The highest BCUT2D eigenvalue weighted by molar-refractivity contribution is 7.92. The summed E-state index contributed by atoms with van der Waals surface area (Å²) in [5, 5.41) is 8.07. The summed E-state index contributed by atoms with van der Waals surface area (Å²) < 4.78 is 37.9. The second-order valence-corrected chi connectivity index (χ2v) is 7.30. The van der Waals surface area contributed by atoms with Crippen molar-refractivity contribution < 1.29 is 17.9 Å². The largest absolute Gasteiger partial charge is 0.496 e. The van der Waals surface area contributed by atoms with E-state index in [1.807, 2.05) is 4.90 Å². The van der Waals surface area contributed by atoms with Gasteiger partial charge in [0.25, 0.3) is 10.0 Å². The molecule has 0 unspecified atom stereocenters. The molecular weight excluding hydrogens is 344 g/mol. The minimum atomic E-state index is -3.74. The lowest BCUT2D eigenvalue weighted by atomic mass is 10.2. The lowest BCUT2D eigenvalue weighted by molar-refractivity contribution is 0.122. The first-order valence-corrected chi connectivity index (χ1v) is 9.32. The smallest absolute Gasteiger partial charge is 0.263 e. The van der Waals surface area contributed by atoms with Gasteiger partial charge in [-0.25, -0.2) is 8.42 Å². The Morgan fingerprint density at radius 1 is 1.16 bits per heavy atom. The number of nitrogens with zero attached hydrogens (tertiary/aromatic N) is 3. The van der Waals surface area contributed by atoms with E-state index < -0.39 is 10.0 Å². The molecule has 0 atom stereocenters. The number of hydrogen-bond donors (Lipinski definition) is 1. The zero-order valence-corrected chi connectivity index (χ0v) is 14.9. The summed E-state index contributed by atoms with van der Waals surface area (Å²) in [5.41, 5.74) is 0.735. The van der Waals surface area contributed by atoms with Crippen LogP contribution in [-0.2, 0) is 14.8 Å².